The second-order valence-corrected chi connectivity index (χ2v) is 4.19. The van der Waals surface area contributed by atoms with E-state index in [-0.39, 0.29) is 5.56 Å². The van der Waals surface area contributed by atoms with Gasteiger partial charge in [-0.1, -0.05) is 0 Å². The molecule has 0 unspecified atom stereocenters. The van der Waals surface area contributed by atoms with Crippen LogP contribution in [0.5, 0.6) is 0 Å². The van der Waals surface area contributed by atoms with Gasteiger partial charge in [-0.05, 0) is 30.3 Å². The highest BCUT2D eigenvalue weighted by atomic mass is 19.2. The minimum atomic E-state index is -1.05. The Labute approximate surface area is 112 Å². The van der Waals surface area contributed by atoms with Crippen LogP contribution in [0, 0.1) is 11.6 Å². The molecule has 0 saturated carbocycles. The van der Waals surface area contributed by atoms with Gasteiger partial charge in [-0.15, -0.1) is 0 Å². The number of anilines is 1. The van der Waals surface area contributed by atoms with Gasteiger partial charge in [0.1, 0.15) is 5.65 Å². The van der Waals surface area contributed by atoms with Crippen LogP contribution < -0.4 is 5.32 Å². The number of imidazole rings is 1. The van der Waals surface area contributed by atoms with E-state index < -0.39 is 17.5 Å². The lowest BCUT2D eigenvalue weighted by Gasteiger charge is -2.06. The van der Waals surface area contributed by atoms with Crippen molar-refractivity contribution < 1.29 is 13.6 Å². The van der Waals surface area contributed by atoms with Crippen molar-refractivity contribution >= 4 is 17.2 Å². The topological polar surface area (TPSA) is 46.4 Å². The summed E-state index contributed by atoms with van der Waals surface area (Å²) < 4.78 is 27.6. The fourth-order valence-corrected chi connectivity index (χ4v) is 1.83. The molecule has 6 heteroatoms. The molecule has 0 aliphatic carbocycles. The molecule has 2 aromatic heterocycles. The van der Waals surface area contributed by atoms with Crippen LogP contribution in [-0.2, 0) is 0 Å². The van der Waals surface area contributed by atoms with Crippen LogP contribution in [0.2, 0.25) is 0 Å². The highest BCUT2D eigenvalue weighted by Gasteiger charge is 2.10. The summed E-state index contributed by atoms with van der Waals surface area (Å²) in [6.45, 7) is 0. The second kappa shape index (κ2) is 4.73. The third-order valence-electron chi connectivity index (χ3n) is 2.83. The Balaban J connectivity index is 1.85. The number of amides is 1. The number of fused-ring (bicyclic) bond motifs is 1. The smallest absolute Gasteiger partial charge is 0.255 e. The molecule has 0 saturated heterocycles. The van der Waals surface area contributed by atoms with Gasteiger partial charge in [0, 0.05) is 24.2 Å². The molecule has 1 amide bonds. The number of hydrogen-bond acceptors (Lipinski definition) is 2. The van der Waals surface area contributed by atoms with Crippen LogP contribution in [0.1, 0.15) is 10.4 Å². The first-order valence-corrected chi connectivity index (χ1v) is 5.82. The number of nitrogens with zero attached hydrogens (tertiary/aromatic N) is 2. The van der Waals surface area contributed by atoms with Crippen molar-refractivity contribution in [1.82, 2.24) is 9.38 Å². The van der Waals surface area contributed by atoms with Gasteiger partial charge in [-0.2, -0.15) is 0 Å². The van der Waals surface area contributed by atoms with E-state index in [1.54, 1.807) is 35.1 Å². The maximum absolute atomic E-state index is 13.1. The van der Waals surface area contributed by atoms with Crippen LogP contribution >= 0.6 is 0 Å². The molecular weight excluding hydrogens is 264 g/mol. The van der Waals surface area contributed by atoms with Crippen LogP contribution in [0.15, 0.2) is 48.9 Å². The standard InChI is InChI=1S/C14H9F2N3O/c15-11-3-1-9(7-12(11)16)14(20)18-10-2-4-13-17-5-6-19(13)8-10/h1-8H,(H,18,20). The molecule has 0 radical (unpaired) electrons. The number of halogens is 2. The number of carbonyl (C=O) groups excluding carboxylic acids is 1. The van der Waals surface area contributed by atoms with E-state index in [0.29, 0.717) is 5.69 Å². The van der Waals surface area contributed by atoms with E-state index in [1.807, 2.05) is 0 Å². The van der Waals surface area contributed by atoms with Crippen LogP contribution in [0.3, 0.4) is 0 Å². The fourth-order valence-electron chi connectivity index (χ4n) is 1.83. The first-order chi connectivity index (χ1) is 9.63. The minimum absolute atomic E-state index is 0.0506. The molecule has 2 heterocycles. The third-order valence-corrected chi connectivity index (χ3v) is 2.83. The summed E-state index contributed by atoms with van der Waals surface area (Å²) in [6.07, 6.45) is 5.05. The average molecular weight is 273 g/mol. The average Bonchev–Trinajstić information content (AvgIpc) is 2.89. The Morgan fingerprint density at radius 1 is 1.15 bits per heavy atom. The highest BCUT2D eigenvalue weighted by Crippen LogP contribution is 2.13. The van der Waals surface area contributed by atoms with Gasteiger partial charge in [0.25, 0.3) is 5.91 Å². The number of pyridine rings is 1. The fraction of sp³-hybridized carbons (Fsp3) is 0. The van der Waals surface area contributed by atoms with Crippen molar-refractivity contribution in [1.29, 1.82) is 0 Å². The van der Waals surface area contributed by atoms with E-state index >= 15 is 0 Å². The van der Waals surface area contributed by atoms with Crippen molar-refractivity contribution in [3.63, 3.8) is 0 Å². The van der Waals surface area contributed by atoms with Gasteiger partial charge < -0.3 is 9.72 Å². The highest BCUT2D eigenvalue weighted by molar-refractivity contribution is 6.04. The van der Waals surface area contributed by atoms with E-state index in [4.69, 9.17) is 0 Å². The van der Waals surface area contributed by atoms with Crippen molar-refractivity contribution in [3.8, 4) is 0 Å². The van der Waals surface area contributed by atoms with Gasteiger partial charge >= 0.3 is 0 Å². The summed E-state index contributed by atoms with van der Waals surface area (Å²) >= 11 is 0. The number of aromatic nitrogens is 2. The molecule has 0 aliphatic rings. The maximum atomic E-state index is 13.1. The van der Waals surface area contributed by atoms with Crippen LogP contribution in [-0.4, -0.2) is 15.3 Å². The number of carbonyl (C=O) groups is 1. The summed E-state index contributed by atoms with van der Waals surface area (Å²) in [5.74, 6) is -2.55. The quantitative estimate of drug-likeness (QED) is 0.780. The Hall–Kier alpha value is -2.76. The first-order valence-electron chi connectivity index (χ1n) is 5.82. The molecule has 20 heavy (non-hydrogen) atoms. The lowest BCUT2D eigenvalue weighted by molar-refractivity contribution is 0.102. The van der Waals surface area contributed by atoms with E-state index in [9.17, 15) is 13.6 Å². The first kappa shape index (κ1) is 12.3. The molecule has 100 valence electrons. The Kier molecular flexibility index (Phi) is 2.90. The molecule has 3 rings (SSSR count). The number of rotatable bonds is 2. The third kappa shape index (κ3) is 2.23. The Bertz CT molecular complexity index is 798. The number of benzene rings is 1. The summed E-state index contributed by atoms with van der Waals surface area (Å²) in [5, 5.41) is 2.61. The Morgan fingerprint density at radius 3 is 2.80 bits per heavy atom. The number of hydrogen-bond donors (Lipinski definition) is 1. The molecule has 4 nitrogen and oxygen atoms in total. The zero-order chi connectivity index (χ0) is 14.1. The molecule has 1 aromatic carbocycles. The normalized spacial score (nSPS) is 10.7. The predicted molar refractivity (Wildman–Crippen MR) is 69.5 cm³/mol. The lowest BCUT2D eigenvalue weighted by atomic mass is 10.2. The SMILES string of the molecule is O=C(Nc1ccc2nccn2c1)c1ccc(F)c(F)c1. The van der Waals surface area contributed by atoms with E-state index in [2.05, 4.69) is 10.3 Å². The van der Waals surface area contributed by atoms with Crippen molar-refractivity contribution in [3.05, 3.63) is 66.1 Å². The largest absolute Gasteiger partial charge is 0.321 e. The van der Waals surface area contributed by atoms with Crippen molar-refractivity contribution in [2.75, 3.05) is 5.32 Å². The van der Waals surface area contributed by atoms with E-state index in [1.165, 1.54) is 6.07 Å². The van der Waals surface area contributed by atoms with Crippen molar-refractivity contribution in [2.24, 2.45) is 0 Å². The molecule has 0 fully saturated rings. The minimum Gasteiger partial charge on any atom is -0.321 e. The van der Waals surface area contributed by atoms with Crippen LogP contribution in [0.4, 0.5) is 14.5 Å². The molecule has 3 aromatic rings. The molecule has 0 aliphatic heterocycles. The molecule has 0 bridgehead atoms. The number of nitrogens with one attached hydrogen (secondary N) is 1. The summed E-state index contributed by atoms with van der Waals surface area (Å²) in [7, 11) is 0. The van der Waals surface area contributed by atoms with Crippen LogP contribution in [0.25, 0.3) is 5.65 Å². The molecule has 0 spiro atoms. The molecular formula is C14H9F2N3O. The monoisotopic (exact) mass is 273 g/mol. The van der Waals surface area contributed by atoms with Gasteiger partial charge in [0.05, 0.1) is 5.69 Å². The lowest BCUT2D eigenvalue weighted by Crippen LogP contribution is -2.12. The maximum Gasteiger partial charge on any atom is 0.255 e. The zero-order valence-corrected chi connectivity index (χ0v) is 10.2. The summed E-state index contributed by atoms with van der Waals surface area (Å²) in [5.41, 5.74) is 1.33. The summed E-state index contributed by atoms with van der Waals surface area (Å²) in [6, 6.07) is 6.42. The predicted octanol–water partition coefficient (Wildman–Crippen LogP) is 2.86. The second-order valence-electron chi connectivity index (χ2n) is 4.19. The molecule has 1 N–H and O–H groups in total. The van der Waals surface area contributed by atoms with Gasteiger partial charge in [0.15, 0.2) is 11.6 Å². The van der Waals surface area contributed by atoms with Gasteiger partial charge in [-0.3, -0.25) is 4.79 Å². The van der Waals surface area contributed by atoms with E-state index in [0.717, 1.165) is 17.8 Å². The van der Waals surface area contributed by atoms with Crippen molar-refractivity contribution in [2.45, 2.75) is 0 Å². The zero-order valence-electron chi connectivity index (χ0n) is 10.2. The molecule has 0 atom stereocenters. The van der Waals surface area contributed by atoms with Gasteiger partial charge in [0.2, 0.25) is 0 Å². The summed E-state index contributed by atoms with van der Waals surface area (Å²) in [4.78, 5) is 16.0. The Morgan fingerprint density at radius 2 is 2.00 bits per heavy atom. The van der Waals surface area contributed by atoms with Gasteiger partial charge in [-0.25, -0.2) is 13.8 Å².